The zero-order valence-corrected chi connectivity index (χ0v) is 15.8. The first kappa shape index (κ1) is 17.4. The Morgan fingerprint density at radius 3 is 0.952 bits per heavy atom. The minimum absolute atomic E-state index is 0.699. The van der Waals surface area contributed by atoms with Crippen LogP contribution in [0.5, 0.6) is 0 Å². The first-order chi connectivity index (χ1) is 9.74. The van der Waals surface area contributed by atoms with Gasteiger partial charge < -0.3 is 0 Å². The molecule has 0 heterocycles. The van der Waals surface area contributed by atoms with E-state index in [0.717, 1.165) is 10.8 Å². The second-order valence-electron chi connectivity index (χ2n) is 10.1. The first-order valence-corrected chi connectivity index (χ1v) is 9.74. The molecule has 0 unspecified atom stereocenters. The molecule has 21 heavy (non-hydrogen) atoms. The van der Waals surface area contributed by atoms with E-state index in [4.69, 9.17) is 0 Å². The number of hydrogen-bond acceptors (Lipinski definition) is 0. The molecule has 0 aromatic heterocycles. The lowest BCUT2D eigenvalue weighted by Crippen LogP contribution is -2.47. The maximum atomic E-state index is 2.41. The van der Waals surface area contributed by atoms with Crippen molar-refractivity contribution in [3.8, 4) is 0 Å². The zero-order valence-electron chi connectivity index (χ0n) is 15.8. The summed E-state index contributed by atoms with van der Waals surface area (Å²) in [5.41, 5.74) is 3.14. The molecule has 0 saturated heterocycles. The van der Waals surface area contributed by atoms with E-state index in [-0.39, 0.29) is 0 Å². The van der Waals surface area contributed by atoms with Crippen molar-refractivity contribution in [1.82, 2.24) is 0 Å². The van der Waals surface area contributed by atoms with Gasteiger partial charge in [-0.2, -0.15) is 0 Å². The van der Waals surface area contributed by atoms with Crippen LogP contribution in [0.4, 0.5) is 0 Å². The van der Waals surface area contributed by atoms with Gasteiger partial charge in [0.05, 0.1) is 0 Å². The largest absolute Gasteiger partial charge is 0.0683 e. The molecule has 4 aliphatic carbocycles. The van der Waals surface area contributed by atoms with Crippen molar-refractivity contribution in [2.45, 2.75) is 112 Å². The van der Waals surface area contributed by atoms with Crippen LogP contribution < -0.4 is 0 Å². The first-order valence-electron chi connectivity index (χ1n) is 9.74. The van der Waals surface area contributed by atoms with Gasteiger partial charge in [-0.3, -0.25) is 0 Å². The quantitative estimate of drug-likeness (QED) is 0.437. The van der Waals surface area contributed by atoms with Crippen LogP contribution in [0.3, 0.4) is 0 Å². The lowest BCUT2D eigenvalue weighted by Gasteiger charge is -2.59. The summed E-state index contributed by atoms with van der Waals surface area (Å²) in [6, 6.07) is 0. The second kappa shape index (κ2) is 5.89. The molecule has 124 valence electrons. The van der Waals surface area contributed by atoms with Gasteiger partial charge in [0, 0.05) is 0 Å². The topological polar surface area (TPSA) is 0 Å². The monoisotopic (exact) mass is 292 g/mol. The Bertz CT molecular complexity index is 317. The van der Waals surface area contributed by atoms with Crippen molar-refractivity contribution in [1.29, 1.82) is 0 Å². The van der Waals surface area contributed by atoms with Crippen LogP contribution in [-0.4, -0.2) is 0 Å². The Labute approximate surface area is 134 Å². The number of hydrogen-bond donors (Lipinski definition) is 0. The SMILES string of the molecule is CC.CC1(C)CC2(CCC2)C1.CC1(C)CC2(CCCC2)C1. The molecule has 2 spiro atoms. The maximum absolute atomic E-state index is 2.41. The molecule has 4 saturated carbocycles. The molecule has 0 heteroatoms. The fraction of sp³-hybridized carbons (Fsp3) is 1.00. The van der Waals surface area contributed by atoms with Crippen LogP contribution in [0.1, 0.15) is 112 Å². The van der Waals surface area contributed by atoms with Gasteiger partial charge in [0.25, 0.3) is 0 Å². The third-order valence-corrected chi connectivity index (χ3v) is 6.49. The zero-order chi connectivity index (χ0) is 15.8. The minimum Gasteiger partial charge on any atom is -0.0683 e. The molecule has 0 aromatic carbocycles. The van der Waals surface area contributed by atoms with E-state index in [9.17, 15) is 0 Å². The van der Waals surface area contributed by atoms with Crippen molar-refractivity contribution in [2.75, 3.05) is 0 Å². The maximum Gasteiger partial charge on any atom is -0.0287 e. The molecule has 0 N–H and O–H groups in total. The fourth-order valence-corrected chi connectivity index (χ4v) is 6.47. The summed E-state index contributed by atoms with van der Waals surface area (Å²) in [5, 5.41) is 0. The summed E-state index contributed by atoms with van der Waals surface area (Å²) >= 11 is 0. The highest BCUT2D eigenvalue weighted by Crippen LogP contribution is 2.64. The summed E-state index contributed by atoms with van der Waals surface area (Å²) in [7, 11) is 0. The van der Waals surface area contributed by atoms with Crippen molar-refractivity contribution in [3.63, 3.8) is 0 Å². The van der Waals surface area contributed by atoms with Crippen LogP contribution in [0, 0.1) is 21.7 Å². The molecule has 0 amide bonds. The molecule has 0 atom stereocenters. The molecule has 0 bridgehead atoms. The van der Waals surface area contributed by atoms with Crippen LogP contribution in [0.25, 0.3) is 0 Å². The fourth-order valence-electron chi connectivity index (χ4n) is 6.47. The average molecular weight is 293 g/mol. The third-order valence-electron chi connectivity index (χ3n) is 6.49. The Morgan fingerprint density at radius 1 is 0.476 bits per heavy atom. The highest BCUT2D eigenvalue weighted by atomic mass is 14.6. The molecule has 0 nitrogen and oxygen atoms in total. The van der Waals surface area contributed by atoms with Crippen molar-refractivity contribution in [2.24, 2.45) is 21.7 Å². The molecule has 4 fully saturated rings. The van der Waals surface area contributed by atoms with Crippen LogP contribution in [0.2, 0.25) is 0 Å². The molecular weight excluding hydrogens is 252 g/mol. The second-order valence-corrected chi connectivity index (χ2v) is 10.1. The summed E-state index contributed by atoms with van der Waals surface area (Å²) in [6.45, 7) is 13.6. The molecular formula is C21H40. The van der Waals surface area contributed by atoms with Gasteiger partial charge in [-0.1, -0.05) is 60.8 Å². The van der Waals surface area contributed by atoms with Crippen LogP contribution in [0.15, 0.2) is 0 Å². The Balaban J connectivity index is 0.000000138. The Kier molecular flexibility index (Phi) is 4.87. The molecule has 0 aliphatic heterocycles. The summed E-state index contributed by atoms with van der Waals surface area (Å²) in [5.74, 6) is 0. The summed E-state index contributed by atoms with van der Waals surface area (Å²) in [4.78, 5) is 0. The average Bonchev–Trinajstić information content (AvgIpc) is 2.74. The van der Waals surface area contributed by atoms with Crippen LogP contribution in [-0.2, 0) is 0 Å². The van der Waals surface area contributed by atoms with Gasteiger partial charge in [0.2, 0.25) is 0 Å². The smallest absolute Gasteiger partial charge is 0.0287 e. The van der Waals surface area contributed by atoms with Crippen LogP contribution >= 0.6 is 0 Å². The summed E-state index contributed by atoms with van der Waals surface area (Å²) < 4.78 is 0. The van der Waals surface area contributed by atoms with E-state index < -0.39 is 0 Å². The highest BCUT2D eigenvalue weighted by Gasteiger charge is 2.52. The number of rotatable bonds is 0. The van der Waals surface area contributed by atoms with E-state index in [1.807, 2.05) is 13.8 Å². The van der Waals surface area contributed by atoms with E-state index in [1.165, 1.54) is 70.6 Å². The van der Waals surface area contributed by atoms with Crippen molar-refractivity contribution < 1.29 is 0 Å². The summed E-state index contributed by atoms with van der Waals surface area (Å²) in [6.07, 6.45) is 16.7. The van der Waals surface area contributed by atoms with Gasteiger partial charge >= 0.3 is 0 Å². The van der Waals surface area contributed by atoms with E-state index in [1.54, 1.807) is 0 Å². The van der Waals surface area contributed by atoms with Gasteiger partial charge in [0.1, 0.15) is 0 Å². The predicted octanol–water partition coefficient (Wildman–Crippen LogP) is 7.37. The minimum atomic E-state index is 0.699. The Hall–Kier alpha value is 0. The van der Waals surface area contributed by atoms with E-state index >= 15 is 0 Å². The molecule has 0 radical (unpaired) electrons. The van der Waals surface area contributed by atoms with Gasteiger partial charge in [-0.15, -0.1) is 0 Å². The Morgan fingerprint density at radius 2 is 0.762 bits per heavy atom. The normalized spacial score (nSPS) is 31.7. The van der Waals surface area contributed by atoms with Gasteiger partial charge in [-0.25, -0.2) is 0 Å². The van der Waals surface area contributed by atoms with Crippen molar-refractivity contribution >= 4 is 0 Å². The van der Waals surface area contributed by atoms with Crippen molar-refractivity contribution in [3.05, 3.63) is 0 Å². The highest BCUT2D eigenvalue weighted by molar-refractivity contribution is 5.03. The van der Waals surface area contributed by atoms with E-state index in [0.29, 0.717) is 10.8 Å². The third kappa shape index (κ3) is 3.85. The predicted molar refractivity (Wildman–Crippen MR) is 94.6 cm³/mol. The van der Waals surface area contributed by atoms with Gasteiger partial charge in [-0.05, 0) is 73.0 Å². The standard InChI is InChI=1S/C10H18.C9H16.C2H6/c1-9(2)7-10(8-9)5-3-4-6-10;1-8(2)6-9(7-8)4-3-5-9;1-2/h3-8H2,1-2H3;3-7H2,1-2H3;1-2H3. The molecule has 0 aromatic rings. The lowest BCUT2D eigenvalue weighted by molar-refractivity contribution is -0.0751. The van der Waals surface area contributed by atoms with E-state index in [2.05, 4.69) is 27.7 Å². The van der Waals surface area contributed by atoms with Gasteiger partial charge in [0.15, 0.2) is 0 Å². The molecule has 4 rings (SSSR count). The lowest BCUT2D eigenvalue weighted by atomic mass is 9.46. The molecule has 4 aliphatic rings.